The minimum Gasteiger partial charge on any atom is -0.497 e. The number of methoxy groups -OCH3 is 1. The fraction of sp³-hybridized carbons (Fsp3) is 0.307. The van der Waals surface area contributed by atoms with Crippen molar-refractivity contribution in [2.75, 3.05) is 63.9 Å². The highest BCUT2D eigenvalue weighted by atomic mass is 127. The van der Waals surface area contributed by atoms with E-state index in [1.165, 1.54) is 5.56 Å². The average molecular weight is 1490 g/mol. The minimum absolute atomic E-state index is 0.114. The molecule has 21 heteroatoms. The zero-order valence-electron chi connectivity index (χ0n) is 55.1. The second-order valence-electron chi connectivity index (χ2n) is 21.8. The lowest BCUT2D eigenvalue weighted by Gasteiger charge is -2.30. The zero-order valence-corrected chi connectivity index (χ0v) is 60.6. The standard InChI is InChI=1S/C31H34N2O6S.C16H18O2S.C14H20N2O2S.C13H12O2S.CH3I/c1-21(31(36)38-19-11-10-14-22-12-4-3-5-13-22)33-30(35)25(32-2)20-28(34)39-29-23-15-6-8-17-26(23)40(37)27-18-9-7-16-24(27)29;1-2-3-13-18-14-9-11-16(12-10-14)19(17)15-7-5-4-6-8-15;1-15-13(11-12-5-3-2-4-6-12)14(17)16-7-9-19(18)10-8-16;1-15-11-7-9-13(10-8-11)16(14)12-5-3-2-4-6-12;1-2/h3-9,12-13,15-18,21,25,29,32H,10-11,14,19-20H2,1-2H3,(H,33,35);4-12H,2-3,13H2,1H3;2-6,13,15H,7-11H2,1H3;2-10H,1H3;1H3. The highest BCUT2D eigenvalue weighted by molar-refractivity contribution is 14.1. The number of carbonyl (C=O) groups is 4. The van der Waals surface area contributed by atoms with Crippen LogP contribution in [-0.4, -0.2) is 128 Å². The molecule has 0 saturated carbocycles. The number of halogens is 1. The largest absolute Gasteiger partial charge is 0.497 e. The number of fused-ring (bicyclic) bond motifs is 2. The van der Waals surface area contributed by atoms with E-state index in [-0.39, 0.29) is 25.0 Å². The maximum atomic E-state index is 13.0. The van der Waals surface area contributed by atoms with Crippen molar-refractivity contribution in [2.24, 2.45) is 0 Å². The molecule has 16 nitrogen and oxygen atoms in total. The Morgan fingerprint density at radius 2 is 1.03 bits per heavy atom. The van der Waals surface area contributed by atoms with E-state index in [0.717, 1.165) is 68.9 Å². The van der Waals surface area contributed by atoms with Crippen molar-refractivity contribution >= 4 is 89.5 Å². The Morgan fingerprint density at radius 1 is 0.573 bits per heavy atom. The maximum absolute atomic E-state index is 13.0. The first-order valence-corrected chi connectivity index (χ1v) is 38.8. The summed E-state index contributed by atoms with van der Waals surface area (Å²) in [6.45, 7) is 5.90. The van der Waals surface area contributed by atoms with E-state index in [0.29, 0.717) is 58.4 Å². The van der Waals surface area contributed by atoms with E-state index in [4.69, 9.17) is 18.9 Å². The van der Waals surface area contributed by atoms with Crippen LogP contribution in [0.5, 0.6) is 11.5 Å². The van der Waals surface area contributed by atoms with Crippen molar-refractivity contribution in [3.8, 4) is 11.5 Å². The third-order valence-electron chi connectivity index (χ3n) is 15.2. The van der Waals surface area contributed by atoms with Crippen LogP contribution in [0.25, 0.3) is 0 Å². The fourth-order valence-electron chi connectivity index (χ4n) is 9.86. The Balaban J connectivity index is 0.000000218. The number of nitrogens with zero attached hydrogens (tertiary/aromatic N) is 1. The van der Waals surface area contributed by atoms with Gasteiger partial charge in [0.05, 0.1) is 81.0 Å². The van der Waals surface area contributed by atoms with Gasteiger partial charge in [-0.25, -0.2) is 17.4 Å². The van der Waals surface area contributed by atoms with Crippen LogP contribution >= 0.6 is 22.6 Å². The van der Waals surface area contributed by atoms with Gasteiger partial charge in [0.2, 0.25) is 11.8 Å². The molecule has 0 aliphatic carbocycles. The van der Waals surface area contributed by atoms with Gasteiger partial charge in [-0.3, -0.25) is 18.6 Å². The maximum Gasteiger partial charge on any atom is 0.328 e. The monoisotopic (exact) mass is 1490 g/mol. The lowest BCUT2D eigenvalue weighted by molar-refractivity contribution is -0.150. The van der Waals surface area contributed by atoms with Gasteiger partial charge in [-0.1, -0.05) is 169 Å². The van der Waals surface area contributed by atoms with Crippen molar-refractivity contribution in [3.05, 3.63) is 241 Å². The molecular formula is C75H87IN4O12S4. The number of amides is 2. The van der Waals surface area contributed by atoms with Crippen molar-refractivity contribution in [1.82, 2.24) is 20.9 Å². The van der Waals surface area contributed by atoms with E-state index in [1.807, 2.05) is 175 Å². The minimum atomic E-state index is -1.38. The molecule has 0 bridgehead atoms. The van der Waals surface area contributed by atoms with E-state index in [2.05, 4.69) is 57.6 Å². The Labute approximate surface area is 589 Å². The third-order valence-corrected chi connectivity index (χ3v) is 20.8. The molecule has 5 atom stereocenters. The van der Waals surface area contributed by atoms with Crippen LogP contribution in [-0.2, 0) is 84.7 Å². The normalized spacial score (nSPS) is 15.2. The molecule has 96 heavy (non-hydrogen) atoms. The van der Waals surface area contributed by atoms with E-state index >= 15 is 0 Å². The lowest BCUT2D eigenvalue weighted by atomic mass is 10.0. The second kappa shape index (κ2) is 42.9. The summed E-state index contributed by atoms with van der Waals surface area (Å²) in [5.74, 6) is 1.28. The van der Waals surface area contributed by atoms with Crippen LogP contribution in [0.2, 0.25) is 0 Å². The van der Waals surface area contributed by atoms with Gasteiger partial charge in [0, 0.05) is 66.1 Å². The van der Waals surface area contributed by atoms with Gasteiger partial charge in [0.15, 0.2) is 6.10 Å². The van der Waals surface area contributed by atoms with Crippen LogP contribution in [0.15, 0.2) is 248 Å². The van der Waals surface area contributed by atoms with Crippen molar-refractivity contribution in [2.45, 2.75) is 112 Å². The third kappa shape index (κ3) is 24.9. The Morgan fingerprint density at radius 3 is 1.52 bits per heavy atom. The van der Waals surface area contributed by atoms with E-state index in [9.17, 15) is 36.0 Å². The number of esters is 2. The van der Waals surface area contributed by atoms with Gasteiger partial charge in [0.25, 0.3) is 0 Å². The van der Waals surface area contributed by atoms with Gasteiger partial charge in [-0.2, -0.15) is 0 Å². The summed E-state index contributed by atoms with van der Waals surface area (Å²) in [5, 5.41) is 8.53. The summed E-state index contributed by atoms with van der Waals surface area (Å²) in [4.78, 5) is 58.9. The van der Waals surface area contributed by atoms with Gasteiger partial charge in [0.1, 0.15) is 17.5 Å². The van der Waals surface area contributed by atoms with Crippen molar-refractivity contribution < 1.29 is 55.0 Å². The first-order chi connectivity index (χ1) is 46.7. The highest BCUT2D eigenvalue weighted by Crippen LogP contribution is 2.40. The number of likely N-dealkylation sites (N-methyl/N-ethyl adjacent to an activating group) is 2. The van der Waals surface area contributed by atoms with Gasteiger partial charge >= 0.3 is 11.9 Å². The number of hydrogen-bond donors (Lipinski definition) is 3. The molecule has 2 aliphatic heterocycles. The van der Waals surface area contributed by atoms with Crippen LogP contribution in [0.3, 0.4) is 0 Å². The number of aryl methyl sites for hydroxylation is 1. The summed E-state index contributed by atoms with van der Waals surface area (Å²) in [6.07, 6.45) is 4.37. The van der Waals surface area contributed by atoms with Gasteiger partial charge in [-0.05, 0) is 154 Å². The summed E-state index contributed by atoms with van der Waals surface area (Å²) < 4.78 is 70.6. The number of rotatable bonds is 25. The SMILES string of the molecule is CCCCOc1ccc(S(=O)c2ccccc2)cc1.CI.CNC(CC(=O)OC1c2ccccc2S(=O)c2ccccc21)C(=O)NC(C)C(=O)OCCCCc1ccccc1.CNC(Cc1ccccc1)C(=O)N1CCS(=O)CC1.COc1ccc(S(=O)c2ccccc2)cc1. The van der Waals surface area contributed by atoms with Gasteiger partial charge in [-0.15, -0.1) is 0 Å². The predicted octanol–water partition coefficient (Wildman–Crippen LogP) is 12.2. The molecule has 8 aromatic carbocycles. The summed E-state index contributed by atoms with van der Waals surface area (Å²) in [6, 6.07) is 66.0. The van der Waals surface area contributed by atoms with Crippen LogP contribution in [0, 0.1) is 0 Å². The predicted molar refractivity (Wildman–Crippen MR) is 390 cm³/mol. The zero-order chi connectivity index (χ0) is 69.0. The molecule has 8 aromatic rings. The first-order valence-electron chi connectivity index (χ1n) is 31.7. The molecule has 2 heterocycles. The quantitative estimate of drug-likeness (QED) is 0.0210. The molecule has 1 saturated heterocycles. The van der Waals surface area contributed by atoms with Gasteiger partial charge < -0.3 is 39.8 Å². The fourth-order valence-corrected chi connectivity index (χ4v) is 14.4. The number of benzene rings is 8. The van der Waals surface area contributed by atoms with Crippen LogP contribution in [0.4, 0.5) is 0 Å². The van der Waals surface area contributed by atoms with Crippen molar-refractivity contribution in [1.29, 1.82) is 0 Å². The Bertz CT molecular complexity index is 3690. The molecule has 3 N–H and O–H groups in total. The molecule has 510 valence electrons. The Kier molecular flexibility index (Phi) is 34.6. The topological polar surface area (TPSA) is 213 Å². The number of hydrogen-bond acceptors (Lipinski definition) is 14. The first kappa shape index (κ1) is 77.5. The molecular weight excluding hydrogens is 1400 g/mol. The molecule has 0 radical (unpaired) electrons. The molecule has 2 amide bonds. The van der Waals surface area contributed by atoms with E-state index in [1.54, 1.807) is 69.6 Å². The van der Waals surface area contributed by atoms with Crippen LogP contribution in [0.1, 0.15) is 74.3 Å². The van der Waals surface area contributed by atoms with Crippen LogP contribution < -0.4 is 25.4 Å². The molecule has 0 spiro atoms. The number of unbranched alkanes of at least 4 members (excludes halogenated alkanes) is 2. The summed E-state index contributed by atoms with van der Waals surface area (Å²) >= 11 is 2.15. The molecule has 2 aliphatic rings. The highest BCUT2D eigenvalue weighted by Gasteiger charge is 2.34. The molecule has 1 fully saturated rings. The number of carbonyl (C=O) groups excluding carboxylic acids is 4. The number of nitrogens with one attached hydrogen (secondary N) is 3. The second-order valence-corrected chi connectivity index (χ2v) is 27.9. The molecule has 0 aromatic heterocycles. The van der Waals surface area contributed by atoms with Crippen molar-refractivity contribution in [3.63, 3.8) is 0 Å². The number of alkyl halides is 1. The summed E-state index contributed by atoms with van der Waals surface area (Å²) in [5.41, 5.74) is 3.69. The average Bonchev–Trinajstić information content (AvgIpc) is 0.762. The smallest absolute Gasteiger partial charge is 0.328 e. The number of ether oxygens (including phenoxy) is 4. The Hall–Kier alpha value is -7.51. The summed E-state index contributed by atoms with van der Waals surface area (Å²) in [7, 11) is 0.628. The lowest BCUT2D eigenvalue weighted by Crippen LogP contribution is -2.50. The molecule has 5 unspecified atom stereocenters. The molecule has 10 rings (SSSR count). The van der Waals surface area contributed by atoms with E-state index < -0.39 is 79.2 Å².